The number of carbonyl (C=O) groups is 1. The average Bonchev–Trinajstić information content (AvgIpc) is 2.67. The normalized spacial score (nSPS) is 16.1. The van der Waals surface area contributed by atoms with Crippen LogP contribution in [0.5, 0.6) is 0 Å². The lowest BCUT2D eigenvalue weighted by atomic mass is 9.85. The van der Waals surface area contributed by atoms with Crippen molar-refractivity contribution in [3.05, 3.63) is 16.1 Å². The molecule has 7 heteroatoms. The minimum atomic E-state index is -0.890. The van der Waals surface area contributed by atoms with Crippen molar-refractivity contribution in [3.8, 4) is 0 Å². The third-order valence-electron chi connectivity index (χ3n) is 3.48. The smallest absolute Gasteiger partial charge is 0.309 e. The lowest BCUT2D eigenvalue weighted by Crippen LogP contribution is -2.14. The summed E-state index contributed by atoms with van der Waals surface area (Å²) in [5.41, 5.74) is 0.515. The number of rotatable bonds is 3. The van der Waals surface area contributed by atoms with Crippen LogP contribution in [0.2, 0.25) is 0 Å². The summed E-state index contributed by atoms with van der Waals surface area (Å²) in [6.07, 6.45) is 3.51. The summed E-state index contributed by atoms with van der Waals surface area (Å²) in [5, 5.41) is 13.4. The van der Waals surface area contributed by atoms with Crippen LogP contribution in [0, 0.1) is 0 Å². The Kier molecular flexibility index (Phi) is 2.65. The standard InChI is InChI=1S/C11H13BrN4O2/c1-15-10(6-3-2-4-6)14-16-9(12)7(5-8(17)18)13-11(15)16/h6H,2-5H2,1H3,(H,17,18). The van der Waals surface area contributed by atoms with Crippen LogP contribution in [0.3, 0.4) is 0 Å². The minimum absolute atomic E-state index is 0.0945. The second-order valence-electron chi connectivity index (χ2n) is 4.68. The van der Waals surface area contributed by atoms with Gasteiger partial charge in [-0.25, -0.2) is 4.98 Å². The summed E-state index contributed by atoms with van der Waals surface area (Å²) in [5.74, 6) is 1.36. The van der Waals surface area contributed by atoms with E-state index in [1.807, 2.05) is 11.6 Å². The number of aromatic nitrogens is 4. The van der Waals surface area contributed by atoms with E-state index in [-0.39, 0.29) is 6.42 Å². The van der Waals surface area contributed by atoms with Gasteiger partial charge in [0, 0.05) is 13.0 Å². The van der Waals surface area contributed by atoms with E-state index in [2.05, 4.69) is 26.0 Å². The molecule has 1 saturated carbocycles. The molecule has 0 unspecified atom stereocenters. The number of aliphatic carboxylic acids is 1. The Morgan fingerprint density at radius 2 is 2.28 bits per heavy atom. The van der Waals surface area contributed by atoms with Gasteiger partial charge in [0.05, 0.1) is 12.1 Å². The Balaban J connectivity index is 2.07. The lowest BCUT2D eigenvalue weighted by molar-refractivity contribution is -0.136. The summed E-state index contributed by atoms with van der Waals surface area (Å²) in [4.78, 5) is 15.1. The molecule has 96 valence electrons. The maximum absolute atomic E-state index is 10.7. The molecule has 1 aliphatic rings. The SMILES string of the molecule is Cn1c(C2CCC2)nn2c(Br)c(CC(=O)O)nc12. The Bertz CT molecular complexity index is 627. The third kappa shape index (κ3) is 1.65. The number of nitrogens with zero attached hydrogens (tertiary/aromatic N) is 4. The maximum atomic E-state index is 10.7. The van der Waals surface area contributed by atoms with Crippen LogP contribution in [0.25, 0.3) is 5.78 Å². The van der Waals surface area contributed by atoms with E-state index < -0.39 is 5.97 Å². The highest BCUT2D eigenvalue weighted by molar-refractivity contribution is 9.10. The van der Waals surface area contributed by atoms with Crippen LogP contribution < -0.4 is 0 Å². The number of aryl methyl sites for hydroxylation is 1. The Hall–Kier alpha value is -1.37. The Morgan fingerprint density at radius 3 is 2.78 bits per heavy atom. The van der Waals surface area contributed by atoms with Gasteiger partial charge in [-0.3, -0.25) is 9.36 Å². The first-order valence-corrected chi connectivity index (χ1v) is 6.68. The predicted molar refractivity (Wildman–Crippen MR) is 67.6 cm³/mol. The van der Waals surface area contributed by atoms with Gasteiger partial charge < -0.3 is 5.11 Å². The highest BCUT2D eigenvalue weighted by Gasteiger charge is 2.27. The lowest BCUT2D eigenvalue weighted by Gasteiger charge is -2.23. The highest BCUT2D eigenvalue weighted by atomic mass is 79.9. The molecule has 1 fully saturated rings. The first kappa shape index (κ1) is 11.7. The fourth-order valence-electron chi connectivity index (χ4n) is 2.28. The fraction of sp³-hybridized carbons (Fsp3) is 0.545. The van der Waals surface area contributed by atoms with E-state index in [1.165, 1.54) is 19.3 Å². The number of fused-ring (bicyclic) bond motifs is 1. The van der Waals surface area contributed by atoms with Crippen molar-refractivity contribution in [2.75, 3.05) is 0 Å². The van der Waals surface area contributed by atoms with E-state index in [0.29, 0.717) is 22.0 Å². The zero-order valence-electron chi connectivity index (χ0n) is 9.93. The molecule has 0 amide bonds. The summed E-state index contributed by atoms with van der Waals surface area (Å²) >= 11 is 3.38. The van der Waals surface area contributed by atoms with Gasteiger partial charge in [-0.15, -0.1) is 0 Å². The van der Waals surface area contributed by atoms with Crippen molar-refractivity contribution in [3.63, 3.8) is 0 Å². The highest BCUT2D eigenvalue weighted by Crippen LogP contribution is 2.36. The van der Waals surface area contributed by atoms with Gasteiger partial charge in [-0.2, -0.15) is 9.61 Å². The van der Waals surface area contributed by atoms with Crippen LogP contribution in [0.1, 0.15) is 36.7 Å². The summed E-state index contributed by atoms with van der Waals surface area (Å²) in [6, 6.07) is 0. The van der Waals surface area contributed by atoms with Crippen molar-refractivity contribution in [1.82, 2.24) is 19.2 Å². The number of carboxylic acid groups (broad SMARTS) is 1. The van der Waals surface area contributed by atoms with Gasteiger partial charge >= 0.3 is 5.97 Å². The topological polar surface area (TPSA) is 72.4 Å². The van der Waals surface area contributed by atoms with Crippen LogP contribution in [0.4, 0.5) is 0 Å². The predicted octanol–water partition coefficient (Wildman–Crippen LogP) is 1.72. The second-order valence-corrected chi connectivity index (χ2v) is 5.43. The number of hydrogen-bond donors (Lipinski definition) is 1. The van der Waals surface area contributed by atoms with Gasteiger partial charge in [0.15, 0.2) is 0 Å². The summed E-state index contributed by atoms with van der Waals surface area (Å²) in [6.45, 7) is 0. The number of hydrogen-bond acceptors (Lipinski definition) is 3. The van der Waals surface area contributed by atoms with Crippen LogP contribution in [0.15, 0.2) is 4.60 Å². The number of halogens is 1. The molecule has 0 aromatic carbocycles. The van der Waals surface area contributed by atoms with Crippen LogP contribution in [-0.4, -0.2) is 30.2 Å². The van der Waals surface area contributed by atoms with Crippen LogP contribution in [-0.2, 0) is 18.3 Å². The van der Waals surface area contributed by atoms with Gasteiger partial charge in [0.25, 0.3) is 0 Å². The molecule has 2 aromatic heterocycles. The van der Waals surface area contributed by atoms with E-state index in [1.54, 1.807) is 4.52 Å². The summed E-state index contributed by atoms with van der Waals surface area (Å²) < 4.78 is 4.28. The number of imidazole rings is 1. The van der Waals surface area contributed by atoms with Crippen molar-refractivity contribution < 1.29 is 9.90 Å². The zero-order valence-corrected chi connectivity index (χ0v) is 11.5. The molecule has 0 saturated heterocycles. The molecular weight excluding hydrogens is 300 g/mol. The molecule has 0 atom stereocenters. The molecule has 3 rings (SSSR count). The van der Waals surface area contributed by atoms with Gasteiger partial charge in [-0.1, -0.05) is 6.42 Å². The van der Waals surface area contributed by atoms with Crippen molar-refractivity contribution >= 4 is 27.7 Å². The molecule has 6 nitrogen and oxygen atoms in total. The molecule has 2 aromatic rings. The monoisotopic (exact) mass is 312 g/mol. The summed E-state index contributed by atoms with van der Waals surface area (Å²) in [7, 11) is 1.93. The largest absolute Gasteiger partial charge is 0.481 e. The molecule has 2 heterocycles. The molecule has 0 spiro atoms. The molecule has 1 N–H and O–H groups in total. The molecular formula is C11H13BrN4O2. The Morgan fingerprint density at radius 1 is 1.56 bits per heavy atom. The maximum Gasteiger partial charge on any atom is 0.309 e. The van der Waals surface area contributed by atoms with Crippen LogP contribution >= 0.6 is 15.9 Å². The van der Waals surface area contributed by atoms with E-state index >= 15 is 0 Å². The van der Waals surface area contributed by atoms with E-state index in [9.17, 15) is 4.79 Å². The minimum Gasteiger partial charge on any atom is -0.481 e. The van der Waals surface area contributed by atoms with Crippen molar-refractivity contribution in [1.29, 1.82) is 0 Å². The Labute approximate surface area is 112 Å². The average molecular weight is 313 g/mol. The molecule has 0 bridgehead atoms. The third-order valence-corrected chi connectivity index (χ3v) is 4.28. The molecule has 1 aliphatic carbocycles. The van der Waals surface area contributed by atoms with E-state index in [0.717, 1.165) is 5.82 Å². The van der Waals surface area contributed by atoms with Gasteiger partial charge in [-0.05, 0) is 28.8 Å². The molecule has 18 heavy (non-hydrogen) atoms. The van der Waals surface area contributed by atoms with Gasteiger partial charge in [0.1, 0.15) is 10.4 Å². The van der Waals surface area contributed by atoms with E-state index in [4.69, 9.17) is 5.11 Å². The quantitative estimate of drug-likeness (QED) is 0.936. The first-order valence-electron chi connectivity index (χ1n) is 5.89. The molecule has 0 aliphatic heterocycles. The second kappa shape index (κ2) is 4.08. The van der Waals surface area contributed by atoms with Crippen molar-refractivity contribution in [2.45, 2.75) is 31.6 Å². The number of carboxylic acids is 1. The van der Waals surface area contributed by atoms with Crippen molar-refractivity contribution in [2.24, 2.45) is 7.05 Å². The van der Waals surface area contributed by atoms with Gasteiger partial charge in [0.2, 0.25) is 5.78 Å². The fourth-order valence-corrected chi connectivity index (χ4v) is 2.75. The zero-order chi connectivity index (χ0) is 12.9. The first-order chi connectivity index (χ1) is 8.58. The molecule has 0 radical (unpaired) electrons.